The molecule has 3 heteroatoms. The molecule has 0 aliphatic rings. The maximum atomic E-state index is 8.83. The zero-order valence-corrected chi connectivity index (χ0v) is 8.99. The van der Waals surface area contributed by atoms with Crippen molar-refractivity contribution in [2.24, 2.45) is 7.05 Å². The Morgan fingerprint density at radius 3 is 2.40 bits per heavy atom. The van der Waals surface area contributed by atoms with Gasteiger partial charge in [0.05, 0.1) is 0 Å². The molecule has 0 aliphatic carbocycles. The first-order valence-corrected chi connectivity index (χ1v) is 4.91. The van der Waals surface area contributed by atoms with Gasteiger partial charge in [-0.1, -0.05) is 23.7 Å². The predicted molar refractivity (Wildman–Crippen MR) is 60.6 cm³/mol. The van der Waals surface area contributed by atoms with E-state index in [1.165, 1.54) is 0 Å². The highest BCUT2D eigenvalue weighted by Gasteiger charge is 2.03. The molecular weight excluding hydrogens is 208 g/mol. The summed E-state index contributed by atoms with van der Waals surface area (Å²) in [5.74, 6) is 0. The van der Waals surface area contributed by atoms with Gasteiger partial charge in [0.1, 0.15) is 11.8 Å². The summed E-state index contributed by atoms with van der Waals surface area (Å²) in [6, 6.07) is 11.6. The van der Waals surface area contributed by atoms with Crippen molar-refractivity contribution in [3.8, 4) is 17.2 Å². The third-order valence-electron chi connectivity index (χ3n) is 2.30. The molecule has 0 amide bonds. The van der Waals surface area contributed by atoms with Crippen molar-refractivity contribution in [3.05, 3.63) is 47.2 Å². The fourth-order valence-electron chi connectivity index (χ4n) is 1.48. The first kappa shape index (κ1) is 9.82. The molecule has 1 aromatic heterocycles. The zero-order valence-electron chi connectivity index (χ0n) is 8.24. The van der Waals surface area contributed by atoms with E-state index in [1.54, 1.807) is 0 Å². The fourth-order valence-corrected chi connectivity index (χ4v) is 1.60. The average Bonchev–Trinajstić information content (AvgIpc) is 2.61. The number of hydrogen-bond acceptors (Lipinski definition) is 1. The lowest BCUT2D eigenvalue weighted by Crippen LogP contribution is -1.86. The molecule has 0 N–H and O–H groups in total. The summed E-state index contributed by atoms with van der Waals surface area (Å²) < 4.78 is 1.81. The molecule has 0 radical (unpaired) electrons. The van der Waals surface area contributed by atoms with Crippen LogP contribution in [0.25, 0.3) is 11.1 Å². The summed E-state index contributed by atoms with van der Waals surface area (Å²) in [6.07, 6.45) is 1.93. The Morgan fingerprint density at radius 1 is 1.20 bits per heavy atom. The van der Waals surface area contributed by atoms with E-state index < -0.39 is 0 Å². The monoisotopic (exact) mass is 216 g/mol. The normalized spacial score (nSPS) is 9.93. The molecule has 0 aliphatic heterocycles. The van der Waals surface area contributed by atoms with Crippen LogP contribution >= 0.6 is 11.6 Å². The van der Waals surface area contributed by atoms with Gasteiger partial charge in [-0.3, -0.25) is 0 Å². The van der Waals surface area contributed by atoms with Crippen LogP contribution in [0.1, 0.15) is 5.69 Å². The van der Waals surface area contributed by atoms with Crippen LogP contribution in [0.3, 0.4) is 0 Å². The second-order valence-corrected chi connectivity index (χ2v) is 3.78. The molecule has 0 unspecified atom stereocenters. The lowest BCUT2D eigenvalue weighted by Gasteiger charge is -1.96. The summed E-state index contributed by atoms with van der Waals surface area (Å²) in [5, 5.41) is 9.55. The Morgan fingerprint density at radius 2 is 1.87 bits per heavy atom. The highest BCUT2D eigenvalue weighted by atomic mass is 35.5. The first-order valence-electron chi connectivity index (χ1n) is 4.53. The van der Waals surface area contributed by atoms with Crippen LogP contribution in [-0.2, 0) is 7.05 Å². The Bertz CT molecular complexity index is 518. The largest absolute Gasteiger partial charge is 0.342 e. The maximum absolute atomic E-state index is 8.83. The minimum Gasteiger partial charge on any atom is -0.342 e. The quantitative estimate of drug-likeness (QED) is 0.720. The summed E-state index contributed by atoms with van der Waals surface area (Å²) in [5.41, 5.74) is 2.75. The lowest BCUT2D eigenvalue weighted by atomic mass is 10.1. The van der Waals surface area contributed by atoms with Crippen LogP contribution in [-0.4, -0.2) is 4.57 Å². The van der Waals surface area contributed by atoms with Gasteiger partial charge >= 0.3 is 0 Å². The zero-order chi connectivity index (χ0) is 10.8. The van der Waals surface area contributed by atoms with Crippen molar-refractivity contribution in [1.82, 2.24) is 4.57 Å². The number of aromatic nitrogens is 1. The van der Waals surface area contributed by atoms with Gasteiger partial charge in [-0.2, -0.15) is 5.26 Å². The summed E-state index contributed by atoms with van der Waals surface area (Å²) >= 11 is 5.81. The Hall–Kier alpha value is -1.72. The number of hydrogen-bond donors (Lipinski definition) is 0. The van der Waals surface area contributed by atoms with Gasteiger partial charge in [-0.25, -0.2) is 0 Å². The first-order chi connectivity index (χ1) is 7.20. The van der Waals surface area contributed by atoms with Gasteiger partial charge in [0.15, 0.2) is 0 Å². The number of rotatable bonds is 1. The highest BCUT2D eigenvalue weighted by Crippen LogP contribution is 2.23. The van der Waals surface area contributed by atoms with Crippen LogP contribution in [0.5, 0.6) is 0 Å². The van der Waals surface area contributed by atoms with E-state index in [-0.39, 0.29) is 0 Å². The molecule has 74 valence electrons. The minimum absolute atomic E-state index is 0.653. The molecule has 15 heavy (non-hydrogen) atoms. The van der Waals surface area contributed by atoms with Crippen molar-refractivity contribution in [1.29, 1.82) is 5.26 Å². The Kier molecular flexibility index (Phi) is 2.49. The number of aryl methyl sites for hydroxylation is 1. The fraction of sp³-hybridized carbons (Fsp3) is 0.0833. The van der Waals surface area contributed by atoms with E-state index in [1.807, 2.05) is 48.1 Å². The summed E-state index contributed by atoms with van der Waals surface area (Å²) in [7, 11) is 1.86. The van der Waals surface area contributed by atoms with E-state index in [0.717, 1.165) is 16.1 Å². The van der Waals surface area contributed by atoms with Gasteiger partial charge in [0.25, 0.3) is 0 Å². The molecule has 0 spiro atoms. The van der Waals surface area contributed by atoms with Crippen molar-refractivity contribution in [3.63, 3.8) is 0 Å². The van der Waals surface area contributed by atoms with Crippen LogP contribution in [0.2, 0.25) is 5.02 Å². The standard InChI is InChI=1S/C12H9ClN2/c1-15-8-10(6-12(15)7-14)9-2-4-11(13)5-3-9/h2-6,8H,1H3. The van der Waals surface area contributed by atoms with Crippen LogP contribution in [0, 0.1) is 11.3 Å². The second kappa shape index (κ2) is 3.80. The SMILES string of the molecule is Cn1cc(-c2ccc(Cl)cc2)cc1C#N. The molecule has 2 nitrogen and oxygen atoms in total. The summed E-state index contributed by atoms with van der Waals surface area (Å²) in [6.45, 7) is 0. The van der Waals surface area contributed by atoms with E-state index in [2.05, 4.69) is 6.07 Å². The molecule has 0 saturated carbocycles. The third-order valence-corrected chi connectivity index (χ3v) is 2.55. The number of benzene rings is 1. The molecule has 0 bridgehead atoms. The van der Waals surface area contributed by atoms with E-state index in [0.29, 0.717) is 5.69 Å². The number of nitrogens with zero attached hydrogens (tertiary/aromatic N) is 2. The number of nitriles is 1. The summed E-state index contributed by atoms with van der Waals surface area (Å²) in [4.78, 5) is 0. The topological polar surface area (TPSA) is 28.7 Å². The van der Waals surface area contributed by atoms with Crippen molar-refractivity contribution in [2.75, 3.05) is 0 Å². The second-order valence-electron chi connectivity index (χ2n) is 3.34. The Labute approximate surface area is 93.3 Å². The van der Waals surface area contributed by atoms with Gasteiger partial charge in [0.2, 0.25) is 0 Å². The third kappa shape index (κ3) is 1.88. The van der Waals surface area contributed by atoms with Crippen molar-refractivity contribution >= 4 is 11.6 Å². The van der Waals surface area contributed by atoms with Crippen LogP contribution in [0.4, 0.5) is 0 Å². The molecule has 1 aromatic carbocycles. The molecule has 0 atom stereocenters. The highest BCUT2D eigenvalue weighted by molar-refractivity contribution is 6.30. The predicted octanol–water partition coefficient (Wildman–Crippen LogP) is 3.22. The molecule has 0 fully saturated rings. The Balaban J connectivity index is 2.46. The van der Waals surface area contributed by atoms with Gasteiger partial charge in [-0.05, 0) is 23.8 Å². The average molecular weight is 217 g/mol. The van der Waals surface area contributed by atoms with Gasteiger partial charge in [0, 0.05) is 23.8 Å². The van der Waals surface area contributed by atoms with Crippen molar-refractivity contribution in [2.45, 2.75) is 0 Å². The molecule has 2 rings (SSSR count). The van der Waals surface area contributed by atoms with E-state index in [9.17, 15) is 0 Å². The number of halogens is 1. The van der Waals surface area contributed by atoms with Crippen LogP contribution in [0.15, 0.2) is 36.5 Å². The van der Waals surface area contributed by atoms with Gasteiger partial charge in [-0.15, -0.1) is 0 Å². The van der Waals surface area contributed by atoms with Crippen LogP contribution < -0.4 is 0 Å². The molecule has 0 saturated heterocycles. The molecule has 2 aromatic rings. The van der Waals surface area contributed by atoms with E-state index >= 15 is 0 Å². The molecule has 1 heterocycles. The smallest absolute Gasteiger partial charge is 0.120 e. The lowest BCUT2D eigenvalue weighted by molar-refractivity contribution is 0.909. The van der Waals surface area contributed by atoms with Gasteiger partial charge < -0.3 is 4.57 Å². The minimum atomic E-state index is 0.653. The van der Waals surface area contributed by atoms with Crippen molar-refractivity contribution < 1.29 is 0 Å². The van der Waals surface area contributed by atoms with E-state index in [4.69, 9.17) is 16.9 Å². The molecular formula is C12H9ClN2. The maximum Gasteiger partial charge on any atom is 0.120 e.